The third-order valence-corrected chi connectivity index (χ3v) is 4.10. The summed E-state index contributed by atoms with van der Waals surface area (Å²) < 4.78 is 67.4. The van der Waals surface area contributed by atoms with Crippen LogP contribution in [0.15, 0.2) is 30.3 Å². The third kappa shape index (κ3) is 3.42. The summed E-state index contributed by atoms with van der Waals surface area (Å²) in [6, 6.07) is 4.44. The molecular formula is C17H14F5N3O. The van der Waals surface area contributed by atoms with E-state index in [9.17, 15) is 26.7 Å². The normalized spacial score (nSPS) is 14.5. The molecule has 1 aliphatic rings. The average Bonchev–Trinajstić information content (AvgIpc) is 2.62. The van der Waals surface area contributed by atoms with E-state index in [-0.39, 0.29) is 31.9 Å². The van der Waals surface area contributed by atoms with E-state index in [1.807, 2.05) is 0 Å². The van der Waals surface area contributed by atoms with Crippen molar-refractivity contribution in [3.63, 3.8) is 0 Å². The van der Waals surface area contributed by atoms with Crippen LogP contribution >= 0.6 is 0 Å². The maximum atomic E-state index is 13.8. The zero-order valence-corrected chi connectivity index (χ0v) is 13.4. The predicted octanol–water partition coefficient (Wildman–Crippen LogP) is 3.74. The third-order valence-electron chi connectivity index (χ3n) is 4.10. The Hall–Kier alpha value is -2.84. The van der Waals surface area contributed by atoms with Crippen molar-refractivity contribution in [1.29, 1.82) is 0 Å². The first-order valence-electron chi connectivity index (χ1n) is 7.77. The molecule has 0 radical (unpaired) electrons. The van der Waals surface area contributed by atoms with Crippen LogP contribution in [0.4, 0.5) is 38.1 Å². The number of hydrogen-bond acceptors (Lipinski definition) is 2. The maximum absolute atomic E-state index is 13.8. The highest BCUT2D eigenvalue weighted by atomic mass is 19.2. The number of benzene rings is 2. The maximum Gasteiger partial charge on any atom is 0.322 e. The largest absolute Gasteiger partial charge is 0.363 e. The molecule has 0 aliphatic carbocycles. The number of hydrogen-bond donors (Lipinski definition) is 1. The van der Waals surface area contributed by atoms with Crippen LogP contribution in [-0.4, -0.2) is 37.1 Å². The van der Waals surface area contributed by atoms with Crippen molar-refractivity contribution in [3.05, 3.63) is 59.4 Å². The van der Waals surface area contributed by atoms with Crippen LogP contribution in [0.5, 0.6) is 0 Å². The molecule has 0 atom stereocenters. The Balaban J connectivity index is 1.65. The summed E-state index contributed by atoms with van der Waals surface area (Å²) in [6.45, 7) is 0.548. The summed E-state index contributed by atoms with van der Waals surface area (Å²) in [4.78, 5) is 14.9. The highest BCUT2D eigenvalue weighted by molar-refractivity contribution is 5.89. The Morgan fingerprint density at radius 1 is 0.808 bits per heavy atom. The number of para-hydroxylation sites is 1. The fourth-order valence-electron chi connectivity index (χ4n) is 2.74. The second-order valence-corrected chi connectivity index (χ2v) is 5.70. The molecule has 2 aromatic carbocycles. The monoisotopic (exact) mass is 371 g/mol. The van der Waals surface area contributed by atoms with Gasteiger partial charge in [-0.3, -0.25) is 0 Å². The summed E-state index contributed by atoms with van der Waals surface area (Å²) in [5.41, 5.74) is -0.657. The van der Waals surface area contributed by atoms with Gasteiger partial charge in [0, 0.05) is 26.2 Å². The summed E-state index contributed by atoms with van der Waals surface area (Å²) in [7, 11) is 0. The van der Waals surface area contributed by atoms with Crippen LogP contribution in [0.3, 0.4) is 0 Å². The van der Waals surface area contributed by atoms with Crippen LogP contribution in [0.1, 0.15) is 0 Å². The average molecular weight is 371 g/mol. The van der Waals surface area contributed by atoms with Crippen LogP contribution in [0.2, 0.25) is 0 Å². The molecule has 138 valence electrons. The van der Waals surface area contributed by atoms with Crippen molar-refractivity contribution in [2.75, 3.05) is 36.4 Å². The second-order valence-electron chi connectivity index (χ2n) is 5.70. The first-order chi connectivity index (χ1) is 12.4. The quantitative estimate of drug-likeness (QED) is 0.645. The smallest absolute Gasteiger partial charge is 0.322 e. The number of amides is 2. The molecule has 4 nitrogen and oxygen atoms in total. The minimum atomic E-state index is -1.68. The highest BCUT2D eigenvalue weighted by Gasteiger charge is 2.25. The zero-order chi connectivity index (χ0) is 18.8. The molecule has 0 bridgehead atoms. The van der Waals surface area contributed by atoms with Crippen LogP contribution in [0, 0.1) is 29.1 Å². The van der Waals surface area contributed by atoms with E-state index in [0.717, 1.165) is 18.2 Å². The molecule has 9 heteroatoms. The van der Waals surface area contributed by atoms with Crippen molar-refractivity contribution >= 4 is 17.4 Å². The number of anilines is 2. The Kier molecular flexibility index (Phi) is 4.97. The van der Waals surface area contributed by atoms with Gasteiger partial charge >= 0.3 is 6.03 Å². The first-order valence-corrected chi connectivity index (χ1v) is 7.77. The number of piperazine rings is 1. The number of nitrogens with one attached hydrogen (secondary N) is 1. The molecule has 0 spiro atoms. The molecule has 1 N–H and O–H groups in total. The van der Waals surface area contributed by atoms with Gasteiger partial charge in [-0.15, -0.1) is 0 Å². The van der Waals surface area contributed by atoms with Crippen molar-refractivity contribution in [3.8, 4) is 0 Å². The lowest BCUT2D eigenvalue weighted by molar-refractivity contribution is 0.208. The molecule has 1 heterocycles. The number of carbonyl (C=O) groups excluding carboxylic acids is 1. The van der Waals surface area contributed by atoms with Gasteiger partial charge in [0.05, 0.1) is 5.69 Å². The van der Waals surface area contributed by atoms with Crippen molar-refractivity contribution < 1.29 is 26.7 Å². The molecule has 2 aromatic rings. The number of nitrogens with zero attached hydrogens (tertiary/aromatic N) is 2. The van der Waals surface area contributed by atoms with Crippen LogP contribution in [-0.2, 0) is 0 Å². The highest BCUT2D eigenvalue weighted by Crippen LogP contribution is 2.25. The minimum Gasteiger partial charge on any atom is -0.363 e. The van der Waals surface area contributed by atoms with Gasteiger partial charge in [0.25, 0.3) is 0 Å². The summed E-state index contributed by atoms with van der Waals surface area (Å²) in [5.74, 6) is -5.94. The molecule has 1 fully saturated rings. The van der Waals surface area contributed by atoms with E-state index in [0.29, 0.717) is 6.07 Å². The van der Waals surface area contributed by atoms with Crippen molar-refractivity contribution in [1.82, 2.24) is 4.90 Å². The van der Waals surface area contributed by atoms with Gasteiger partial charge in [-0.1, -0.05) is 6.07 Å². The van der Waals surface area contributed by atoms with E-state index in [2.05, 4.69) is 5.32 Å². The Bertz CT molecular complexity index is 817. The van der Waals surface area contributed by atoms with Gasteiger partial charge < -0.3 is 15.1 Å². The number of rotatable bonds is 2. The molecule has 1 saturated heterocycles. The van der Waals surface area contributed by atoms with Gasteiger partial charge in [-0.2, -0.15) is 0 Å². The van der Waals surface area contributed by atoms with E-state index < -0.39 is 40.8 Å². The number of halogens is 5. The molecule has 26 heavy (non-hydrogen) atoms. The predicted molar refractivity (Wildman–Crippen MR) is 85.5 cm³/mol. The summed E-state index contributed by atoms with van der Waals surface area (Å²) >= 11 is 0. The van der Waals surface area contributed by atoms with E-state index >= 15 is 0 Å². The Morgan fingerprint density at radius 2 is 1.42 bits per heavy atom. The minimum absolute atomic E-state index is 0.116. The second kappa shape index (κ2) is 7.19. The molecule has 2 amide bonds. The van der Waals surface area contributed by atoms with Gasteiger partial charge in [0.1, 0.15) is 17.3 Å². The summed E-state index contributed by atoms with van der Waals surface area (Å²) in [6.07, 6.45) is 0. The Morgan fingerprint density at radius 3 is 2.04 bits per heavy atom. The molecule has 0 aromatic heterocycles. The van der Waals surface area contributed by atoms with Crippen LogP contribution < -0.4 is 10.2 Å². The SMILES string of the molecule is O=C(Nc1ccc(F)c(F)c1F)N1CCN(c2c(F)cccc2F)CC1. The molecule has 3 rings (SSSR count). The standard InChI is InChI=1S/C17H14F5N3O/c18-10-4-5-13(15(22)14(10)21)23-17(26)25-8-6-24(7-9-25)16-11(19)2-1-3-12(16)20/h1-5H,6-9H2,(H,23,26). The molecule has 1 aliphatic heterocycles. The molecule has 0 unspecified atom stereocenters. The fourth-order valence-corrected chi connectivity index (χ4v) is 2.74. The van der Waals surface area contributed by atoms with Gasteiger partial charge in [0.2, 0.25) is 0 Å². The van der Waals surface area contributed by atoms with Crippen molar-refractivity contribution in [2.24, 2.45) is 0 Å². The topological polar surface area (TPSA) is 35.6 Å². The molecule has 0 saturated carbocycles. The van der Waals surface area contributed by atoms with Gasteiger partial charge in [0.15, 0.2) is 17.5 Å². The number of urea groups is 1. The van der Waals surface area contributed by atoms with E-state index in [4.69, 9.17) is 0 Å². The van der Waals surface area contributed by atoms with E-state index in [1.165, 1.54) is 15.9 Å². The van der Waals surface area contributed by atoms with Crippen LogP contribution in [0.25, 0.3) is 0 Å². The number of carbonyl (C=O) groups is 1. The summed E-state index contributed by atoms with van der Waals surface area (Å²) in [5, 5.41) is 2.16. The lowest BCUT2D eigenvalue weighted by atomic mass is 10.2. The van der Waals surface area contributed by atoms with Gasteiger partial charge in [-0.05, 0) is 24.3 Å². The first kappa shape index (κ1) is 18.0. The van der Waals surface area contributed by atoms with Gasteiger partial charge in [-0.25, -0.2) is 26.7 Å². The van der Waals surface area contributed by atoms with E-state index in [1.54, 1.807) is 0 Å². The molecular weight excluding hydrogens is 357 g/mol. The lowest BCUT2D eigenvalue weighted by Gasteiger charge is -2.36. The fraction of sp³-hybridized carbons (Fsp3) is 0.235. The lowest BCUT2D eigenvalue weighted by Crippen LogP contribution is -2.50. The zero-order valence-electron chi connectivity index (χ0n) is 13.4. The Labute approximate surface area is 145 Å². The van der Waals surface area contributed by atoms with Crippen molar-refractivity contribution in [2.45, 2.75) is 0 Å².